The maximum absolute atomic E-state index is 13.0. The third kappa shape index (κ3) is 1.63. The van der Waals surface area contributed by atoms with Crippen LogP contribution >= 0.6 is 35.3 Å². The van der Waals surface area contributed by atoms with Crippen LogP contribution in [0.1, 0.15) is 5.56 Å². The average molecular weight is 308 g/mol. The van der Waals surface area contributed by atoms with Crippen LogP contribution in [0, 0.1) is 0 Å². The van der Waals surface area contributed by atoms with Crippen LogP contribution < -0.4 is 4.90 Å². The third-order valence-electron chi connectivity index (χ3n) is 3.44. The van der Waals surface area contributed by atoms with E-state index < -0.39 is 4.08 Å². The van der Waals surface area contributed by atoms with Crippen LogP contribution in [-0.2, 0) is 8.87 Å². The zero-order valence-electron chi connectivity index (χ0n) is 10.2. The van der Waals surface area contributed by atoms with Gasteiger partial charge in [0.1, 0.15) is 0 Å². The van der Waals surface area contributed by atoms with Crippen LogP contribution in [0.4, 0.5) is 5.69 Å². The summed E-state index contributed by atoms with van der Waals surface area (Å²) in [5.41, 5.74) is 2.19. The van der Waals surface area contributed by atoms with Gasteiger partial charge in [-0.1, -0.05) is 30.0 Å². The quantitative estimate of drug-likeness (QED) is 0.738. The molecule has 1 fully saturated rings. The lowest BCUT2D eigenvalue weighted by Gasteiger charge is -2.21. The SMILES string of the molecule is O=C1N(C2=NCCS2)c2ccccc2C12SCCS2. The molecule has 0 unspecified atom stereocenters. The molecule has 3 aliphatic heterocycles. The van der Waals surface area contributed by atoms with Gasteiger partial charge in [-0.25, -0.2) is 0 Å². The molecule has 0 saturated carbocycles. The minimum Gasteiger partial charge on any atom is -0.271 e. The second-order valence-electron chi connectivity index (χ2n) is 4.48. The molecule has 1 aromatic carbocycles. The summed E-state index contributed by atoms with van der Waals surface area (Å²) in [6, 6.07) is 8.17. The fourth-order valence-electron chi connectivity index (χ4n) is 2.66. The predicted octanol–water partition coefficient (Wildman–Crippen LogP) is 2.77. The van der Waals surface area contributed by atoms with Crippen molar-refractivity contribution in [3.63, 3.8) is 0 Å². The third-order valence-corrected chi connectivity index (χ3v) is 7.78. The van der Waals surface area contributed by atoms with E-state index in [4.69, 9.17) is 0 Å². The number of amides is 1. The van der Waals surface area contributed by atoms with E-state index in [0.29, 0.717) is 0 Å². The Kier molecular flexibility index (Phi) is 2.86. The lowest BCUT2D eigenvalue weighted by molar-refractivity contribution is -0.117. The molecule has 0 atom stereocenters. The fourth-order valence-corrected chi connectivity index (χ4v) is 6.68. The molecule has 0 N–H and O–H groups in total. The molecular weight excluding hydrogens is 296 g/mol. The molecule has 0 aliphatic carbocycles. The average Bonchev–Trinajstić information content (AvgIpc) is 3.15. The molecular formula is C13H12N2OS3. The number of thioether (sulfide) groups is 3. The second-order valence-corrected chi connectivity index (χ2v) is 8.42. The van der Waals surface area contributed by atoms with E-state index in [1.165, 1.54) is 0 Å². The fraction of sp³-hybridized carbons (Fsp3) is 0.385. The maximum atomic E-state index is 13.0. The summed E-state index contributed by atoms with van der Waals surface area (Å²) in [4.78, 5) is 19.3. The van der Waals surface area contributed by atoms with Gasteiger partial charge in [0.2, 0.25) is 0 Å². The number of anilines is 1. The van der Waals surface area contributed by atoms with Gasteiger partial charge in [-0.05, 0) is 6.07 Å². The van der Waals surface area contributed by atoms with E-state index in [1.54, 1.807) is 35.3 Å². The van der Waals surface area contributed by atoms with Crippen molar-refractivity contribution in [2.24, 2.45) is 4.99 Å². The Bertz CT molecular complexity index is 581. The molecule has 0 aromatic heterocycles. The van der Waals surface area contributed by atoms with E-state index in [9.17, 15) is 4.79 Å². The van der Waals surface area contributed by atoms with Gasteiger partial charge in [0, 0.05) is 22.8 Å². The van der Waals surface area contributed by atoms with Crippen molar-refractivity contribution in [3.05, 3.63) is 29.8 Å². The molecule has 1 amide bonds. The number of hydrogen-bond donors (Lipinski definition) is 0. The van der Waals surface area contributed by atoms with Crippen molar-refractivity contribution in [1.82, 2.24) is 0 Å². The van der Waals surface area contributed by atoms with E-state index in [0.717, 1.165) is 40.2 Å². The number of rotatable bonds is 0. The van der Waals surface area contributed by atoms with E-state index >= 15 is 0 Å². The minimum atomic E-state index is -0.414. The van der Waals surface area contributed by atoms with Crippen LogP contribution in [0.25, 0.3) is 0 Å². The molecule has 3 aliphatic rings. The van der Waals surface area contributed by atoms with Gasteiger partial charge in [0.15, 0.2) is 9.25 Å². The Morgan fingerprint density at radius 1 is 1.16 bits per heavy atom. The highest BCUT2D eigenvalue weighted by atomic mass is 32.2. The molecule has 3 nitrogen and oxygen atoms in total. The van der Waals surface area contributed by atoms with E-state index in [1.807, 2.05) is 23.1 Å². The normalized spacial score (nSPS) is 24.1. The van der Waals surface area contributed by atoms with Crippen LogP contribution in [-0.4, -0.2) is 34.9 Å². The number of hydrogen-bond acceptors (Lipinski definition) is 5. The molecule has 4 rings (SSSR count). The zero-order valence-corrected chi connectivity index (χ0v) is 12.6. The lowest BCUT2D eigenvalue weighted by atomic mass is 10.1. The van der Waals surface area contributed by atoms with Gasteiger partial charge >= 0.3 is 0 Å². The molecule has 3 heterocycles. The predicted molar refractivity (Wildman–Crippen MR) is 85.3 cm³/mol. The number of benzene rings is 1. The summed E-state index contributed by atoms with van der Waals surface area (Å²) in [5.74, 6) is 3.25. The highest BCUT2D eigenvalue weighted by Gasteiger charge is 2.55. The summed E-state index contributed by atoms with van der Waals surface area (Å²) >= 11 is 5.23. The number of nitrogens with zero attached hydrogens (tertiary/aromatic N) is 2. The lowest BCUT2D eigenvalue weighted by Crippen LogP contribution is -2.37. The molecule has 19 heavy (non-hydrogen) atoms. The monoisotopic (exact) mass is 308 g/mol. The summed E-state index contributed by atoms with van der Waals surface area (Å²) in [6.07, 6.45) is 0. The molecule has 1 spiro atoms. The number of carbonyl (C=O) groups is 1. The highest BCUT2D eigenvalue weighted by molar-refractivity contribution is 8.21. The summed E-state index contributed by atoms with van der Waals surface area (Å²) in [5, 5.41) is 0.877. The van der Waals surface area contributed by atoms with Crippen molar-refractivity contribution in [3.8, 4) is 0 Å². The smallest absolute Gasteiger partial charge is 0.264 e. The Hall–Kier alpha value is -0.590. The highest BCUT2D eigenvalue weighted by Crippen LogP contribution is 2.59. The standard InChI is InChI=1S/C13H12N2OS3/c16-11-13(18-7-8-19-13)9-3-1-2-4-10(9)15(11)12-14-5-6-17-12/h1-4H,5-8H2. The topological polar surface area (TPSA) is 32.7 Å². The van der Waals surface area contributed by atoms with Crippen molar-refractivity contribution in [2.75, 3.05) is 28.7 Å². The van der Waals surface area contributed by atoms with Gasteiger partial charge in [0.25, 0.3) is 5.91 Å². The summed E-state index contributed by atoms with van der Waals surface area (Å²) in [6.45, 7) is 0.819. The first-order chi connectivity index (χ1) is 9.33. The largest absolute Gasteiger partial charge is 0.271 e. The van der Waals surface area contributed by atoms with Crippen molar-refractivity contribution >= 4 is 52.0 Å². The van der Waals surface area contributed by atoms with Gasteiger partial charge in [0.05, 0.1) is 12.2 Å². The molecule has 1 aromatic rings. The first-order valence-electron chi connectivity index (χ1n) is 6.22. The number of amidine groups is 1. The molecule has 98 valence electrons. The van der Waals surface area contributed by atoms with Crippen LogP contribution in [0.2, 0.25) is 0 Å². The van der Waals surface area contributed by atoms with Crippen LogP contribution in [0.3, 0.4) is 0 Å². The Balaban J connectivity index is 1.88. The summed E-state index contributed by atoms with van der Waals surface area (Å²) < 4.78 is -0.414. The molecule has 6 heteroatoms. The minimum absolute atomic E-state index is 0.189. The second kappa shape index (κ2) is 4.46. The Labute approximate surface area is 124 Å². The molecule has 0 bridgehead atoms. The van der Waals surface area contributed by atoms with Gasteiger partial charge in [-0.2, -0.15) is 0 Å². The van der Waals surface area contributed by atoms with E-state index in [2.05, 4.69) is 11.1 Å². The van der Waals surface area contributed by atoms with Crippen LogP contribution in [0.15, 0.2) is 29.3 Å². The van der Waals surface area contributed by atoms with Crippen molar-refractivity contribution in [1.29, 1.82) is 0 Å². The first-order valence-corrected chi connectivity index (χ1v) is 9.18. The Morgan fingerprint density at radius 3 is 2.68 bits per heavy atom. The van der Waals surface area contributed by atoms with Gasteiger partial charge in [-0.15, -0.1) is 23.5 Å². The Morgan fingerprint density at radius 2 is 1.95 bits per heavy atom. The van der Waals surface area contributed by atoms with Crippen molar-refractivity contribution in [2.45, 2.75) is 4.08 Å². The maximum Gasteiger partial charge on any atom is 0.264 e. The van der Waals surface area contributed by atoms with Crippen LogP contribution in [0.5, 0.6) is 0 Å². The molecule has 1 saturated heterocycles. The zero-order chi connectivity index (χ0) is 12.9. The number of aliphatic imine (C=N–C) groups is 1. The van der Waals surface area contributed by atoms with Gasteiger partial charge < -0.3 is 0 Å². The first kappa shape index (κ1) is 12.2. The number of carbonyl (C=O) groups excluding carboxylic acids is 1. The van der Waals surface area contributed by atoms with Crippen molar-refractivity contribution < 1.29 is 4.79 Å². The number of fused-ring (bicyclic) bond motifs is 2. The number of para-hydroxylation sites is 1. The molecule has 0 radical (unpaired) electrons. The summed E-state index contributed by atoms with van der Waals surface area (Å²) in [7, 11) is 0. The van der Waals surface area contributed by atoms with E-state index in [-0.39, 0.29) is 5.91 Å². The van der Waals surface area contributed by atoms with Gasteiger partial charge in [-0.3, -0.25) is 14.7 Å².